The molecule has 24 heavy (non-hydrogen) atoms. The fourth-order valence-corrected chi connectivity index (χ4v) is 3.45. The molecular formula is C16H17N3O4S. The molecule has 0 aliphatic heterocycles. The highest BCUT2D eigenvalue weighted by Crippen LogP contribution is 2.22. The van der Waals surface area contributed by atoms with Gasteiger partial charge in [-0.15, -0.1) is 0 Å². The van der Waals surface area contributed by atoms with Gasteiger partial charge in [-0.1, -0.05) is 25.1 Å². The molecule has 2 aromatic heterocycles. The number of furan rings is 1. The Morgan fingerprint density at radius 2 is 2.12 bits per heavy atom. The van der Waals surface area contributed by atoms with E-state index in [1.54, 1.807) is 55.3 Å². The van der Waals surface area contributed by atoms with Crippen LogP contribution >= 0.6 is 0 Å². The third kappa shape index (κ3) is 3.33. The summed E-state index contributed by atoms with van der Waals surface area (Å²) in [5.74, 6) is -1.10. The number of nitrogens with one attached hydrogen (secondary N) is 1. The van der Waals surface area contributed by atoms with Crippen molar-refractivity contribution in [1.82, 2.24) is 14.5 Å². The van der Waals surface area contributed by atoms with Gasteiger partial charge in [0.15, 0.2) is 0 Å². The number of carbonyl (C=O) groups is 1. The minimum absolute atomic E-state index is 0.273. The second-order valence-electron chi connectivity index (χ2n) is 5.70. The maximum atomic E-state index is 12.3. The van der Waals surface area contributed by atoms with Crippen molar-refractivity contribution in [1.29, 1.82) is 0 Å². The lowest BCUT2D eigenvalue weighted by molar-refractivity contribution is -0.122. The van der Waals surface area contributed by atoms with Crippen LogP contribution in [0.5, 0.6) is 0 Å². The van der Waals surface area contributed by atoms with E-state index in [-0.39, 0.29) is 5.09 Å². The third-order valence-electron chi connectivity index (χ3n) is 3.65. The molecule has 0 saturated carbocycles. The molecule has 0 fully saturated rings. The fraction of sp³-hybridized carbons (Fsp3) is 0.250. The fourth-order valence-electron chi connectivity index (χ4n) is 2.40. The lowest BCUT2D eigenvalue weighted by atomic mass is 10.0. The van der Waals surface area contributed by atoms with Crippen LogP contribution in [0.25, 0.3) is 11.0 Å². The van der Waals surface area contributed by atoms with Crippen molar-refractivity contribution in [3.63, 3.8) is 0 Å². The molecule has 2 heterocycles. The molecule has 1 atom stereocenters. The average Bonchev–Trinajstić information content (AvgIpc) is 3.13. The summed E-state index contributed by atoms with van der Waals surface area (Å²) in [4.78, 5) is 12.2. The number of nitrogens with zero attached hydrogens (tertiary/aromatic N) is 2. The van der Waals surface area contributed by atoms with Gasteiger partial charge in [0.1, 0.15) is 5.58 Å². The summed E-state index contributed by atoms with van der Waals surface area (Å²) in [7, 11) is -2.26. The summed E-state index contributed by atoms with van der Waals surface area (Å²) in [5.41, 5.74) is 1.31. The van der Waals surface area contributed by atoms with Gasteiger partial charge >= 0.3 is 0 Å². The number of fused-ring (bicyclic) bond motifs is 1. The number of aromatic nitrogens is 2. The summed E-state index contributed by atoms with van der Waals surface area (Å²) in [5, 5.41) is 4.42. The predicted molar refractivity (Wildman–Crippen MR) is 87.6 cm³/mol. The summed E-state index contributed by atoms with van der Waals surface area (Å²) >= 11 is 0. The molecular weight excluding hydrogens is 330 g/mol. The van der Waals surface area contributed by atoms with Crippen molar-refractivity contribution < 1.29 is 17.6 Å². The van der Waals surface area contributed by atoms with E-state index in [1.165, 1.54) is 6.07 Å². The van der Waals surface area contributed by atoms with Crippen LogP contribution in [0.4, 0.5) is 0 Å². The van der Waals surface area contributed by atoms with Crippen molar-refractivity contribution in [2.75, 3.05) is 0 Å². The molecule has 0 aliphatic rings. The molecule has 0 saturated heterocycles. The van der Waals surface area contributed by atoms with Gasteiger partial charge in [0, 0.05) is 30.6 Å². The minimum Gasteiger partial charge on any atom is -0.443 e. The van der Waals surface area contributed by atoms with Gasteiger partial charge in [-0.25, -0.2) is 4.72 Å². The number of amides is 1. The molecule has 0 spiro atoms. The molecule has 1 N–H and O–H groups in total. The number of hydrogen-bond acceptors (Lipinski definition) is 5. The molecule has 1 amide bonds. The first kappa shape index (κ1) is 16.3. The van der Waals surface area contributed by atoms with Crippen molar-refractivity contribution >= 4 is 26.9 Å². The van der Waals surface area contributed by atoms with E-state index >= 15 is 0 Å². The van der Waals surface area contributed by atoms with Gasteiger partial charge in [-0.2, -0.15) is 13.5 Å². The van der Waals surface area contributed by atoms with Crippen molar-refractivity contribution in [3.05, 3.63) is 48.3 Å². The molecule has 126 valence electrons. The predicted octanol–water partition coefficient (Wildman–Crippen LogP) is 1.85. The van der Waals surface area contributed by atoms with Crippen LogP contribution in [0.3, 0.4) is 0 Å². The van der Waals surface area contributed by atoms with E-state index in [1.807, 2.05) is 0 Å². The third-order valence-corrected chi connectivity index (χ3v) is 4.85. The monoisotopic (exact) mass is 347 g/mol. The SMILES string of the molecule is CC(Cc1cnn(C)c1)C(=O)NS(=O)(=O)c1cc2ccccc2o1. The topological polar surface area (TPSA) is 94.2 Å². The highest BCUT2D eigenvalue weighted by atomic mass is 32.2. The number of benzene rings is 1. The number of carbonyl (C=O) groups excluding carboxylic acids is 1. The smallest absolute Gasteiger partial charge is 0.297 e. The summed E-state index contributed by atoms with van der Waals surface area (Å²) in [6.45, 7) is 1.66. The average molecular weight is 347 g/mol. The molecule has 3 rings (SSSR count). The Bertz CT molecular complexity index is 955. The Morgan fingerprint density at radius 1 is 1.38 bits per heavy atom. The molecule has 0 bridgehead atoms. The quantitative estimate of drug-likeness (QED) is 0.760. The molecule has 3 aromatic rings. The normalized spacial score (nSPS) is 13.1. The van der Waals surface area contributed by atoms with E-state index in [9.17, 15) is 13.2 Å². The van der Waals surface area contributed by atoms with Crippen molar-refractivity contribution in [2.45, 2.75) is 18.4 Å². The van der Waals surface area contributed by atoms with Crippen LogP contribution < -0.4 is 4.72 Å². The highest BCUT2D eigenvalue weighted by molar-refractivity contribution is 7.89. The van der Waals surface area contributed by atoms with Crippen LogP contribution in [0.2, 0.25) is 0 Å². The summed E-state index contributed by atoms with van der Waals surface area (Å²) < 4.78 is 33.7. The summed E-state index contributed by atoms with van der Waals surface area (Å²) in [6, 6.07) is 8.34. The van der Waals surface area contributed by atoms with E-state index < -0.39 is 21.8 Å². The first-order chi connectivity index (χ1) is 11.3. The van der Waals surface area contributed by atoms with Crippen molar-refractivity contribution in [3.8, 4) is 0 Å². The van der Waals surface area contributed by atoms with Gasteiger partial charge in [-0.05, 0) is 18.1 Å². The lowest BCUT2D eigenvalue weighted by Gasteiger charge is -2.10. The Morgan fingerprint density at radius 3 is 2.79 bits per heavy atom. The Kier molecular flexibility index (Phi) is 4.15. The molecule has 1 aromatic carbocycles. The molecule has 0 aliphatic carbocycles. The largest absolute Gasteiger partial charge is 0.443 e. The standard InChI is InChI=1S/C16H17N3O4S/c1-11(7-12-9-17-19(2)10-12)16(20)18-24(21,22)15-8-13-5-3-4-6-14(13)23-15/h3-6,8-11H,7H2,1-2H3,(H,18,20). The van der Waals surface area contributed by atoms with Gasteiger partial charge < -0.3 is 4.42 Å². The van der Waals surface area contributed by atoms with E-state index in [2.05, 4.69) is 9.82 Å². The summed E-state index contributed by atoms with van der Waals surface area (Å²) in [6.07, 6.45) is 3.84. The zero-order valence-electron chi connectivity index (χ0n) is 13.3. The van der Waals surface area contributed by atoms with Crippen LogP contribution in [0, 0.1) is 5.92 Å². The molecule has 0 radical (unpaired) electrons. The van der Waals surface area contributed by atoms with Gasteiger partial charge in [0.25, 0.3) is 10.0 Å². The van der Waals surface area contributed by atoms with Gasteiger partial charge in [-0.3, -0.25) is 9.48 Å². The first-order valence-electron chi connectivity index (χ1n) is 7.38. The maximum Gasteiger partial charge on any atom is 0.297 e. The molecule has 7 nitrogen and oxygen atoms in total. The van der Waals surface area contributed by atoms with E-state index in [0.29, 0.717) is 17.4 Å². The second-order valence-corrected chi connectivity index (χ2v) is 7.31. The second kappa shape index (κ2) is 6.12. The highest BCUT2D eigenvalue weighted by Gasteiger charge is 2.25. The van der Waals surface area contributed by atoms with Crippen LogP contribution in [-0.4, -0.2) is 24.1 Å². The number of hydrogen-bond donors (Lipinski definition) is 1. The van der Waals surface area contributed by atoms with Crippen LogP contribution in [0.1, 0.15) is 12.5 Å². The van der Waals surface area contributed by atoms with E-state index in [0.717, 1.165) is 5.56 Å². The van der Waals surface area contributed by atoms with Crippen LogP contribution in [-0.2, 0) is 28.3 Å². The zero-order chi connectivity index (χ0) is 17.3. The lowest BCUT2D eigenvalue weighted by Crippen LogP contribution is -2.35. The zero-order valence-corrected chi connectivity index (χ0v) is 14.1. The van der Waals surface area contributed by atoms with Crippen molar-refractivity contribution in [2.24, 2.45) is 13.0 Å². The number of rotatable bonds is 5. The number of para-hydroxylation sites is 1. The minimum atomic E-state index is -4.04. The number of aryl methyl sites for hydroxylation is 1. The Labute approximate surface area is 139 Å². The van der Waals surface area contributed by atoms with Gasteiger partial charge in [0.05, 0.1) is 6.20 Å². The first-order valence-corrected chi connectivity index (χ1v) is 8.86. The Hall–Kier alpha value is -2.61. The maximum absolute atomic E-state index is 12.3. The van der Waals surface area contributed by atoms with Gasteiger partial charge in [0.2, 0.25) is 11.0 Å². The number of sulfonamides is 1. The molecule has 8 heteroatoms. The van der Waals surface area contributed by atoms with Crippen LogP contribution in [0.15, 0.2) is 52.2 Å². The Balaban J connectivity index is 1.74. The van der Waals surface area contributed by atoms with E-state index in [4.69, 9.17) is 4.42 Å². The molecule has 1 unspecified atom stereocenters.